The molecule has 0 saturated heterocycles. The maximum absolute atomic E-state index is 12.7. The fourth-order valence-electron chi connectivity index (χ4n) is 3.85. The number of aryl methyl sites for hydroxylation is 1. The van der Waals surface area contributed by atoms with E-state index < -0.39 is 15.1 Å². The van der Waals surface area contributed by atoms with E-state index in [0.29, 0.717) is 28.0 Å². The molecule has 10 heteroatoms. The van der Waals surface area contributed by atoms with Gasteiger partial charge in [0.2, 0.25) is 0 Å². The molecule has 2 heterocycles. The summed E-state index contributed by atoms with van der Waals surface area (Å²) >= 11 is 7.63. The standard InChI is InChI=1S/C26H26ClN3O4S2/c1-2-3-9-23-28-25(27)22(17-31)30(23)16-18-10-12-19(13-11-18)24-21(14-15-35-24)29-36(33,34)26(32)20-7-5-4-6-8-20/h4-8,10-15,29,31H,2-3,9,16-17H2,1H3. The number of benzene rings is 2. The number of thiophene rings is 1. The fraction of sp³-hybridized carbons (Fsp3) is 0.231. The first-order valence-corrected chi connectivity index (χ1v) is 14.2. The van der Waals surface area contributed by atoms with Crippen LogP contribution in [0.1, 0.15) is 47.2 Å². The van der Waals surface area contributed by atoms with Crippen molar-refractivity contribution in [3.63, 3.8) is 0 Å². The molecule has 0 aliphatic heterocycles. The Bertz CT molecular complexity index is 1450. The van der Waals surface area contributed by atoms with Crippen molar-refractivity contribution < 1.29 is 18.3 Å². The van der Waals surface area contributed by atoms with Crippen LogP contribution in [0.15, 0.2) is 66.0 Å². The fourth-order valence-corrected chi connectivity index (χ4v) is 6.03. The van der Waals surface area contributed by atoms with Gasteiger partial charge >= 0.3 is 10.0 Å². The summed E-state index contributed by atoms with van der Waals surface area (Å²) in [4.78, 5) is 17.7. The van der Waals surface area contributed by atoms with E-state index in [-0.39, 0.29) is 12.2 Å². The number of anilines is 1. The van der Waals surface area contributed by atoms with Crippen LogP contribution in [0.5, 0.6) is 0 Å². The second kappa shape index (κ2) is 11.4. The van der Waals surface area contributed by atoms with Gasteiger partial charge in [0.15, 0.2) is 5.15 Å². The largest absolute Gasteiger partial charge is 0.390 e. The molecule has 36 heavy (non-hydrogen) atoms. The molecule has 4 aromatic rings. The summed E-state index contributed by atoms with van der Waals surface area (Å²) < 4.78 is 29.8. The van der Waals surface area contributed by atoms with Crippen molar-refractivity contribution in [2.45, 2.75) is 39.3 Å². The Balaban J connectivity index is 1.54. The Kier molecular flexibility index (Phi) is 8.25. The van der Waals surface area contributed by atoms with E-state index in [4.69, 9.17) is 11.6 Å². The molecule has 7 nitrogen and oxygen atoms in total. The van der Waals surface area contributed by atoms with Crippen LogP contribution in [0.25, 0.3) is 10.4 Å². The van der Waals surface area contributed by atoms with Gasteiger partial charge in [-0.25, -0.2) is 4.98 Å². The monoisotopic (exact) mass is 543 g/mol. The molecule has 0 atom stereocenters. The zero-order chi connectivity index (χ0) is 25.7. The summed E-state index contributed by atoms with van der Waals surface area (Å²) in [6.45, 7) is 2.41. The van der Waals surface area contributed by atoms with Crippen molar-refractivity contribution in [2.24, 2.45) is 0 Å². The van der Waals surface area contributed by atoms with Crippen molar-refractivity contribution in [3.05, 3.63) is 93.8 Å². The highest BCUT2D eigenvalue weighted by Gasteiger charge is 2.25. The SMILES string of the molecule is CCCCc1nc(Cl)c(CO)n1Cc1ccc(-c2sccc2NS(=O)(=O)C(=O)c2ccccc2)cc1. The number of nitrogens with one attached hydrogen (secondary N) is 1. The van der Waals surface area contributed by atoms with E-state index in [1.54, 1.807) is 29.6 Å². The summed E-state index contributed by atoms with van der Waals surface area (Å²) in [5.74, 6) is 0.841. The average molecular weight is 544 g/mol. The Morgan fingerprint density at radius 3 is 2.50 bits per heavy atom. The summed E-state index contributed by atoms with van der Waals surface area (Å²) in [6.07, 6.45) is 2.77. The lowest BCUT2D eigenvalue weighted by atomic mass is 10.1. The van der Waals surface area contributed by atoms with Crippen LogP contribution in [-0.2, 0) is 29.6 Å². The molecule has 0 amide bonds. The summed E-state index contributed by atoms with van der Waals surface area (Å²) in [6, 6.07) is 17.2. The van der Waals surface area contributed by atoms with Gasteiger partial charge in [-0.1, -0.05) is 79.5 Å². The summed E-state index contributed by atoms with van der Waals surface area (Å²) in [5, 5.41) is 10.9. The van der Waals surface area contributed by atoms with Gasteiger partial charge in [-0.15, -0.1) is 11.3 Å². The molecule has 0 aliphatic rings. The zero-order valence-electron chi connectivity index (χ0n) is 19.6. The molecule has 0 fully saturated rings. The van der Waals surface area contributed by atoms with Crippen LogP contribution in [0.4, 0.5) is 5.69 Å². The highest BCUT2D eigenvalue weighted by Crippen LogP contribution is 2.35. The van der Waals surface area contributed by atoms with Crippen molar-refractivity contribution in [1.29, 1.82) is 0 Å². The third-order valence-corrected chi connectivity index (χ3v) is 8.20. The van der Waals surface area contributed by atoms with E-state index >= 15 is 0 Å². The van der Waals surface area contributed by atoms with Crippen molar-refractivity contribution >= 4 is 43.8 Å². The van der Waals surface area contributed by atoms with Crippen LogP contribution >= 0.6 is 22.9 Å². The van der Waals surface area contributed by atoms with E-state index in [9.17, 15) is 18.3 Å². The van der Waals surface area contributed by atoms with Crippen molar-refractivity contribution in [1.82, 2.24) is 9.55 Å². The number of unbranched alkanes of at least 4 members (excludes halogenated alkanes) is 1. The molecule has 0 aliphatic carbocycles. The van der Waals surface area contributed by atoms with E-state index in [2.05, 4.69) is 16.6 Å². The lowest BCUT2D eigenvalue weighted by Gasteiger charge is -2.12. The second-order valence-corrected chi connectivity index (χ2v) is 11.1. The Morgan fingerprint density at radius 2 is 1.83 bits per heavy atom. The lowest BCUT2D eigenvalue weighted by molar-refractivity contribution is 0.107. The van der Waals surface area contributed by atoms with E-state index in [1.807, 2.05) is 28.8 Å². The predicted molar refractivity (Wildman–Crippen MR) is 144 cm³/mol. The Hall–Kier alpha value is -2.98. The molecule has 2 aromatic heterocycles. The molecule has 0 saturated carbocycles. The molecular formula is C26H26ClN3O4S2. The number of sulfonamides is 1. The lowest BCUT2D eigenvalue weighted by Crippen LogP contribution is -2.23. The van der Waals surface area contributed by atoms with Crippen molar-refractivity contribution in [2.75, 3.05) is 4.72 Å². The molecule has 0 spiro atoms. The minimum Gasteiger partial charge on any atom is -0.390 e. The van der Waals surface area contributed by atoms with Gasteiger partial charge in [0, 0.05) is 18.5 Å². The van der Waals surface area contributed by atoms with Crippen LogP contribution in [0.3, 0.4) is 0 Å². The molecule has 188 valence electrons. The van der Waals surface area contributed by atoms with Gasteiger partial charge in [-0.3, -0.25) is 9.52 Å². The molecule has 0 bridgehead atoms. The van der Waals surface area contributed by atoms with Gasteiger partial charge in [-0.05, 0) is 29.0 Å². The topological polar surface area (TPSA) is 101 Å². The first-order valence-electron chi connectivity index (χ1n) is 11.5. The number of nitrogens with zero attached hydrogens (tertiary/aromatic N) is 2. The number of aliphatic hydroxyl groups excluding tert-OH is 1. The highest BCUT2D eigenvalue weighted by atomic mass is 35.5. The van der Waals surface area contributed by atoms with Crippen LogP contribution < -0.4 is 4.72 Å². The second-order valence-electron chi connectivity index (χ2n) is 8.23. The highest BCUT2D eigenvalue weighted by molar-refractivity contribution is 8.07. The smallest absolute Gasteiger partial charge is 0.300 e. The minimum absolute atomic E-state index is 0.103. The number of imidazole rings is 1. The number of hydrogen-bond acceptors (Lipinski definition) is 6. The molecular weight excluding hydrogens is 518 g/mol. The molecule has 0 radical (unpaired) electrons. The number of aliphatic hydroxyl groups is 1. The first-order chi connectivity index (χ1) is 17.3. The van der Waals surface area contributed by atoms with Crippen LogP contribution in [0.2, 0.25) is 5.15 Å². The number of hydrogen-bond donors (Lipinski definition) is 2. The third kappa shape index (κ3) is 5.70. The number of carbonyl (C=O) groups is 1. The molecule has 2 aromatic carbocycles. The molecule has 4 rings (SSSR count). The maximum Gasteiger partial charge on any atom is 0.300 e. The van der Waals surface area contributed by atoms with Gasteiger partial charge in [0.25, 0.3) is 5.12 Å². The van der Waals surface area contributed by atoms with Crippen molar-refractivity contribution in [3.8, 4) is 10.4 Å². The Labute approximate surface area is 219 Å². The van der Waals surface area contributed by atoms with Gasteiger partial charge < -0.3 is 9.67 Å². The van der Waals surface area contributed by atoms with Gasteiger partial charge in [0.1, 0.15) is 5.82 Å². The van der Waals surface area contributed by atoms with Crippen LogP contribution in [0, 0.1) is 0 Å². The number of rotatable bonds is 10. The number of halogens is 1. The molecule has 0 unspecified atom stereocenters. The maximum atomic E-state index is 12.7. The summed E-state index contributed by atoms with van der Waals surface area (Å²) in [7, 11) is -4.26. The Morgan fingerprint density at radius 1 is 1.11 bits per heavy atom. The number of carbonyl (C=O) groups excluding carboxylic acids is 1. The van der Waals surface area contributed by atoms with Gasteiger partial charge in [0.05, 0.1) is 22.9 Å². The zero-order valence-corrected chi connectivity index (χ0v) is 22.0. The van der Waals surface area contributed by atoms with E-state index in [1.165, 1.54) is 23.5 Å². The van der Waals surface area contributed by atoms with E-state index in [0.717, 1.165) is 36.2 Å². The summed E-state index contributed by atoms with van der Waals surface area (Å²) in [5.41, 5.74) is 2.84. The molecule has 2 N–H and O–H groups in total. The minimum atomic E-state index is -4.26. The normalized spacial score (nSPS) is 11.5. The third-order valence-electron chi connectivity index (χ3n) is 5.73. The first kappa shape index (κ1) is 26.1. The average Bonchev–Trinajstić information content (AvgIpc) is 3.46. The predicted octanol–water partition coefficient (Wildman–Crippen LogP) is 5.73. The number of aromatic nitrogens is 2. The van der Waals surface area contributed by atoms with Crippen LogP contribution in [-0.4, -0.2) is 28.2 Å². The quantitative estimate of drug-likeness (QED) is 0.266. The van der Waals surface area contributed by atoms with Gasteiger partial charge in [-0.2, -0.15) is 8.42 Å².